The van der Waals surface area contributed by atoms with Crippen LogP contribution in [-0.2, 0) is 14.3 Å². The van der Waals surface area contributed by atoms with Gasteiger partial charge in [-0.2, -0.15) is 0 Å². The summed E-state index contributed by atoms with van der Waals surface area (Å²) < 4.78 is 5.70. The molecule has 22 heavy (non-hydrogen) atoms. The first kappa shape index (κ1) is 15.1. The number of hydrogen-bond donors (Lipinski definition) is 0. The van der Waals surface area contributed by atoms with Crippen LogP contribution in [0.2, 0.25) is 0 Å². The van der Waals surface area contributed by atoms with Crippen LogP contribution in [0.25, 0.3) is 0 Å². The molecule has 0 radical (unpaired) electrons. The summed E-state index contributed by atoms with van der Waals surface area (Å²) in [6.45, 7) is 8.40. The quantitative estimate of drug-likeness (QED) is 0.806. The highest BCUT2D eigenvalue weighted by Crippen LogP contribution is 2.66. The van der Waals surface area contributed by atoms with E-state index in [1.807, 2.05) is 58.0 Å². The van der Waals surface area contributed by atoms with Crippen molar-refractivity contribution in [1.29, 1.82) is 0 Å². The third-order valence-corrected chi connectivity index (χ3v) is 6.06. The minimum atomic E-state index is -1.04. The van der Waals surface area contributed by atoms with Crippen LogP contribution < -0.4 is 4.90 Å². The molecule has 1 heterocycles. The van der Waals surface area contributed by atoms with Gasteiger partial charge < -0.3 is 9.64 Å². The molecule has 1 aliphatic carbocycles. The van der Waals surface area contributed by atoms with Crippen LogP contribution in [0.3, 0.4) is 0 Å². The van der Waals surface area contributed by atoms with Crippen LogP contribution in [0.15, 0.2) is 30.3 Å². The number of carbonyl (C=O) groups excluding carboxylic acids is 2. The van der Waals surface area contributed by atoms with Crippen LogP contribution in [0, 0.1) is 10.8 Å². The summed E-state index contributed by atoms with van der Waals surface area (Å²) in [5.74, 6) is -0.331. The van der Waals surface area contributed by atoms with E-state index in [9.17, 15) is 9.59 Å². The Kier molecular flexibility index (Phi) is 3.13. The Labute approximate surface area is 131 Å². The number of rotatable bonds is 3. The summed E-state index contributed by atoms with van der Waals surface area (Å²) in [6, 6.07) is 9.57. The molecule has 0 N–H and O–H groups in total. The molecule has 118 valence electrons. The molecular formula is C18H23NO3. The summed E-state index contributed by atoms with van der Waals surface area (Å²) >= 11 is 0. The summed E-state index contributed by atoms with van der Waals surface area (Å²) in [6.07, 6.45) is 1.31. The normalized spacial score (nSPS) is 31.9. The number of hydrogen-bond acceptors (Lipinski definition) is 3. The van der Waals surface area contributed by atoms with E-state index in [1.165, 1.54) is 0 Å². The number of nitrogens with zero attached hydrogens (tertiary/aromatic N) is 1. The summed E-state index contributed by atoms with van der Waals surface area (Å²) in [5, 5.41) is 0. The minimum Gasteiger partial charge on any atom is -0.448 e. The molecule has 4 nitrogen and oxygen atoms in total. The molecule has 0 spiro atoms. The van der Waals surface area contributed by atoms with Crippen LogP contribution in [-0.4, -0.2) is 24.0 Å². The highest BCUT2D eigenvalue weighted by molar-refractivity contribution is 6.04. The van der Waals surface area contributed by atoms with E-state index in [-0.39, 0.29) is 11.9 Å². The molecule has 3 rings (SSSR count). The van der Waals surface area contributed by atoms with Gasteiger partial charge in [0.1, 0.15) is 0 Å². The third kappa shape index (κ3) is 1.58. The van der Waals surface area contributed by atoms with Gasteiger partial charge in [0.15, 0.2) is 5.60 Å². The predicted molar refractivity (Wildman–Crippen MR) is 84.4 cm³/mol. The van der Waals surface area contributed by atoms with E-state index in [1.54, 1.807) is 4.90 Å². The standard InChI is InChI=1S/C18H23NO3/c1-5-19(13-9-7-6-8-10-13)14(20)18-12-11-17(4,15(21)22-18)16(18,2)3/h6-10H,5,11-12H2,1-4H3/t17-,18-/m1/s1. The zero-order valence-corrected chi connectivity index (χ0v) is 13.7. The van der Waals surface area contributed by atoms with Gasteiger partial charge in [-0.3, -0.25) is 9.59 Å². The molecule has 1 aromatic carbocycles. The fourth-order valence-electron chi connectivity index (χ4n) is 3.99. The molecule has 1 aliphatic heterocycles. The number of para-hydroxylation sites is 1. The van der Waals surface area contributed by atoms with Crippen molar-refractivity contribution in [3.63, 3.8) is 0 Å². The fraction of sp³-hybridized carbons (Fsp3) is 0.556. The molecule has 2 bridgehead atoms. The van der Waals surface area contributed by atoms with Gasteiger partial charge in [-0.1, -0.05) is 32.0 Å². The molecule has 1 saturated heterocycles. The van der Waals surface area contributed by atoms with Crippen LogP contribution in [0.5, 0.6) is 0 Å². The first-order valence-corrected chi connectivity index (χ1v) is 7.90. The highest BCUT2D eigenvalue weighted by Gasteiger charge is 2.76. The number of fused-ring (bicyclic) bond motifs is 2. The van der Waals surface area contributed by atoms with E-state index < -0.39 is 16.4 Å². The Morgan fingerprint density at radius 2 is 1.82 bits per heavy atom. The SMILES string of the molecule is CCN(C(=O)[C@@]12CC[C@](C)(C(=O)O1)C2(C)C)c1ccccc1. The number of ether oxygens (including phenoxy) is 1. The molecule has 2 atom stereocenters. The lowest BCUT2D eigenvalue weighted by Crippen LogP contribution is -2.55. The largest absolute Gasteiger partial charge is 0.448 e. The maximum Gasteiger partial charge on any atom is 0.313 e. The molecule has 1 saturated carbocycles. The lowest BCUT2D eigenvalue weighted by molar-refractivity contribution is -0.167. The Hall–Kier alpha value is -1.84. The Balaban J connectivity index is 2.03. The molecule has 0 aromatic heterocycles. The maximum atomic E-state index is 13.3. The number of amides is 1. The summed E-state index contributed by atoms with van der Waals surface area (Å²) in [5.41, 5.74) is -1.27. The lowest BCUT2D eigenvalue weighted by atomic mass is 9.66. The summed E-state index contributed by atoms with van der Waals surface area (Å²) in [4.78, 5) is 27.4. The highest BCUT2D eigenvalue weighted by atomic mass is 16.6. The monoisotopic (exact) mass is 301 g/mol. The second-order valence-electron chi connectivity index (χ2n) is 7.06. The van der Waals surface area contributed by atoms with Crippen molar-refractivity contribution in [3.05, 3.63) is 30.3 Å². The van der Waals surface area contributed by atoms with Gasteiger partial charge in [-0.05, 0) is 38.8 Å². The average Bonchev–Trinajstić information content (AvgIpc) is 2.79. The van der Waals surface area contributed by atoms with Crippen LogP contribution in [0.1, 0.15) is 40.5 Å². The van der Waals surface area contributed by atoms with Crippen molar-refractivity contribution in [2.24, 2.45) is 10.8 Å². The second kappa shape index (κ2) is 4.58. The second-order valence-corrected chi connectivity index (χ2v) is 7.06. The van der Waals surface area contributed by atoms with Gasteiger partial charge in [-0.15, -0.1) is 0 Å². The molecule has 2 aliphatic rings. The Bertz CT molecular complexity index is 624. The number of benzene rings is 1. The smallest absolute Gasteiger partial charge is 0.313 e. The minimum absolute atomic E-state index is 0.0965. The molecule has 4 heteroatoms. The molecule has 1 amide bonds. The molecular weight excluding hydrogens is 278 g/mol. The van der Waals surface area contributed by atoms with Crippen molar-refractivity contribution in [2.75, 3.05) is 11.4 Å². The summed E-state index contributed by atoms with van der Waals surface area (Å²) in [7, 11) is 0. The number of anilines is 1. The van der Waals surface area contributed by atoms with E-state index in [0.29, 0.717) is 19.4 Å². The van der Waals surface area contributed by atoms with E-state index in [4.69, 9.17) is 4.74 Å². The third-order valence-electron chi connectivity index (χ3n) is 6.06. The lowest BCUT2D eigenvalue weighted by Gasteiger charge is -2.38. The van der Waals surface area contributed by atoms with Gasteiger partial charge in [0.05, 0.1) is 5.41 Å². The molecule has 0 unspecified atom stereocenters. The zero-order valence-electron chi connectivity index (χ0n) is 13.7. The van der Waals surface area contributed by atoms with Crippen LogP contribution in [0.4, 0.5) is 5.69 Å². The van der Waals surface area contributed by atoms with Gasteiger partial charge in [-0.25, -0.2) is 0 Å². The maximum absolute atomic E-state index is 13.3. The number of esters is 1. The average molecular weight is 301 g/mol. The van der Waals surface area contributed by atoms with Crippen molar-refractivity contribution in [3.8, 4) is 0 Å². The van der Waals surface area contributed by atoms with Gasteiger partial charge >= 0.3 is 5.97 Å². The number of likely N-dealkylation sites (N-methyl/N-ethyl adjacent to an activating group) is 1. The number of carbonyl (C=O) groups is 2. The van der Waals surface area contributed by atoms with Gasteiger partial charge in [0, 0.05) is 17.6 Å². The first-order chi connectivity index (χ1) is 10.3. The molecule has 2 fully saturated rings. The first-order valence-electron chi connectivity index (χ1n) is 7.90. The topological polar surface area (TPSA) is 46.6 Å². The van der Waals surface area contributed by atoms with Crippen molar-refractivity contribution >= 4 is 17.6 Å². The van der Waals surface area contributed by atoms with Gasteiger partial charge in [0.2, 0.25) is 0 Å². The fourth-order valence-corrected chi connectivity index (χ4v) is 3.99. The van der Waals surface area contributed by atoms with Crippen LogP contribution >= 0.6 is 0 Å². The van der Waals surface area contributed by atoms with Crippen molar-refractivity contribution in [2.45, 2.75) is 46.1 Å². The van der Waals surface area contributed by atoms with Crippen molar-refractivity contribution in [1.82, 2.24) is 0 Å². The molecule has 1 aromatic rings. The predicted octanol–water partition coefficient (Wildman–Crippen LogP) is 3.16. The Morgan fingerprint density at radius 3 is 2.27 bits per heavy atom. The van der Waals surface area contributed by atoms with Crippen molar-refractivity contribution < 1.29 is 14.3 Å². The van der Waals surface area contributed by atoms with E-state index >= 15 is 0 Å². The van der Waals surface area contributed by atoms with Gasteiger partial charge in [0.25, 0.3) is 5.91 Å². The van der Waals surface area contributed by atoms with E-state index in [2.05, 4.69) is 0 Å². The Morgan fingerprint density at radius 1 is 1.18 bits per heavy atom. The van der Waals surface area contributed by atoms with E-state index in [0.717, 1.165) is 5.69 Å². The zero-order chi connectivity index (χ0) is 16.2.